The molecule has 0 bridgehead atoms. The van der Waals surface area contributed by atoms with E-state index in [1.807, 2.05) is 0 Å². The van der Waals surface area contributed by atoms with Gasteiger partial charge < -0.3 is 15.5 Å². The van der Waals surface area contributed by atoms with Gasteiger partial charge in [0.1, 0.15) is 0 Å². The normalized spacial score (nSPS) is 19.9. The molecule has 3 nitrogen and oxygen atoms in total. The Morgan fingerprint density at radius 3 is 2.38 bits per heavy atom. The number of hydrogen-bond donors (Lipinski definition) is 2. The van der Waals surface area contributed by atoms with Gasteiger partial charge >= 0.3 is 0 Å². The van der Waals surface area contributed by atoms with Crippen molar-refractivity contribution in [1.29, 1.82) is 0 Å². The summed E-state index contributed by atoms with van der Waals surface area (Å²) in [6, 6.07) is 19.7. The average molecular weight is 279 g/mol. The van der Waals surface area contributed by atoms with Crippen LogP contribution in [0.3, 0.4) is 0 Å². The van der Waals surface area contributed by atoms with Crippen LogP contribution in [0.1, 0.15) is 18.4 Å². The third-order valence-corrected chi connectivity index (χ3v) is 4.88. The molecule has 0 atom stereocenters. The number of rotatable bonds is 2. The van der Waals surface area contributed by atoms with Crippen LogP contribution in [-0.4, -0.2) is 19.8 Å². The fourth-order valence-electron chi connectivity index (χ4n) is 3.79. The summed E-state index contributed by atoms with van der Waals surface area (Å²) in [5.74, 6) is 0. The van der Waals surface area contributed by atoms with Gasteiger partial charge in [0.2, 0.25) is 0 Å². The zero-order chi connectivity index (χ0) is 14.1. The number of piperidine rings is 1. The molecule has 0 aliphatic carbocycles. The molecule has 4 rings (SSSR count). The molecule has 0 spiro atoms. The molecule has 2 heterocycles. The van der Waals surface area contributed by atoms with E-state index in [4.69, 9.17) is 0 Å². The van der Waals surface area contributed by atoms with Crippen LogP contribution in [0.2, 0.25) is 0 Å². The molecule has 21 heavy (non-hydrogen) atoms. The number of benzene rings is 2. The maximum absolute atomic E-state index is 3.55. The van der Waals surface area contributed by atoms with Gasteiger partial charge in [-0.25, -0.2) is 0 Å². The fourth-order valence-corrected chi connectivity index (χ4v) is 3.79. The Morgan fingerprint density at radius 2 is 1.57 bits per heavy atom. The molecule has 1 fully saturated rings. The lowest BCUT2D eigenvalue weighted by Gasteiger charge is -2.46. The summed E-state index contributed by atoms with van der Waals surface area (Å²) in [5, 5.41) is 7.06. The Balaban J connectivity index is 1.81. The molecule has 0 aromatic heterocycles. The molecule has 1 saturated heterocycles. The van der Waals surface area contributed by atoms with Gasteiger partial charge in [-0.3, -0.25) is 0 Å². The van der Waals surface area contributed by atoms with Crippen molar-refractivity contribution >= 4 is 11.4 Å². The number of nitrogens with zero attached hydrogens (tertiary/aromatic N) is 1. The van der Waals surface area contributed by atoms with Crippen molar-refractivity contribution in [2.45, 2.75) is 18.4 Å². The van der Waals surface area contributed by atoms with Gasteiger partial charge in [0.25, 0.3) is 0 Å². The van der Waals surface area contributed by atoms with Crippen LogP contribution in [0, 0.1) is 0 Å². The summed E-state index contributed by atoms with van der Waals surface area (Å²) in [4.78, 5) is 2.57. The molecule has 108 valence electrons. The first-order valence-electron chi connectivity index (χ1n) is 7.77. The summed E-state index contributed by atoms with van der Waals surface area (Å²) in [7, 11) is 0. The van der Waals surface area contributed by atoms with E-state index in [1.165, 1.54) is 16.9 Å². The zero-order valence-corrected chi connectivity index (χ0v) is 12.2. The SMILES string of the molecule is c1ccc(C2(N3CNc4ccccc43)CCNCC2)cc1. The molecule has 0 radical (unpaired) electrons. The largest absolute Gasteiger partial charge is 0.366 e. The van der Waals surface area contributed by atoms with Gasteiger partial charge in [0, 0.05) is 0 Å². The third kappa shape index (κ3) is 2.00. The van der Waals surface area contributed by atoms with Crippen LogP contribution in [0.15, 0.2) is 54.6 Å². The van der Waals surface area contributed by atoms with Crippen molar-refractivity contribution in [3.63, 3.8) is 0 Å². The van der Waals surface area contributed by atoms with Crippen LogP contribution >= 0.6 is 0 Å². The summed E-state index contributed by atoms with van der Waals surface area (Å²) in [6.07, 6.45) is 2.29. The third-order valence-electron chi connectivity index (χ3n) is 4.88. The molecule has 0 saturated carbocycles. The Labute approximate surface area is 126 Å². The van der Waals surface area contributed by atoms with Crippen molar-refractivity contribution in [2.75, 3.05) is 30.0 Å². The molecule has 2 N–H and O–H groups in total. The van der Waals surface area contributed by atoms with Crippen LogP contribution < -0.4 is 15.5 Å². The second-order valence-electron chi connectivity index (χ2n) is 5.93. The summed E-state index contributed by atoms with van der Waals surface area (Å²) in [6.45, 7) is 3.05. The van der Waals surface area contributed by atoms with Crippen molar-refractivity contribution in [2.24, 2.45) is 0 Å². The summed E-state index contributed by atoms with van der Waals surface area (Å²) in [5.41, 5.74) is 4.13. The van der Waals surface area contributed by atoms with E-state index in [1.54, 1.807) is 0 Å². The Hall–Kier alpha value is -2.00. The number of anilines is 2. The number of nitrogens with one attached hydrogen (secondary N) is 2. The molecule has 2 aliphatic heterocycles. The van der Waals surface area contributed by atoms with Gasteiger partial charge in [-0.15, -0.1) is 0 Å². The summed E-state index contributed by atoms with van der Waals surface area (Å²) < 4.78 is 0. The van der Waals surface area contributed by atoms with Gasteiger partial charge in [0.15, 0.2) is 0 Å². The van der Waals surface area contributed by atoms with E-state index in [0.29, 0.717) is 0 Å². The van der Waals surface area contributed by atoms with Gasteiger partial charge in [0.05, 0.1) is 23.6 Å². The first-order valence-corrected chi connectivity index (χ1v) is 7.77. The quantitative estimate of drug-likeness (QED) is 0.884. The Bertz CT molecular complexity index is 617. The number of hydrogen-bond acceptors (Lipinski definition) is 3. The van der Waals surface area contributed by atoms with Gasteiger partial charge in [-0.1, -0.05) is 42.5 Å². The van der Waals surface area contributed by atoms with Crippen molar-refractivity contribution in [3.05, 3.63) is 60.2 Å². The van der Waals surface area contributed by atoms with Crippen LogP contribution in [-0.2, 0) is 5.54 Å². The molecule has 2 aliphatic rings. The summed E-state index contributed by atoms with van der Waals surface area (Å²) >= 11 is 0. The van der Waals surface area contributed by atoms with E-state index in [0.717, 1.165) is 32.6 Å². The first-order chi connectivity index (χ1) is 10.4. The fraction of sp³-hybridized carbons (Fsp3) is 0.333. The van der Waals surface area contributed by atoms with Crippen molar-refractivity contribution in [3.8, 4) is 0 Å². The Morgan fingerprint density at radius 1 is 0.857 bits per heavy atom. The molecule has 2 aromatic rings. The topological polar surface area (TPSA) is 27.3 Å². The average Bonchev–Trinajstić information content (AvgIpc) is 3.01. The number of fused-ring (bicyclic) bond motifs is 1. The van der Waals surface area contributed by atoms with Crippen molar-refractivity contribution in [1.82, 2.24) is 5.32 Å². The maximum atomic E-state index is 3.55. The minimum atomic E-state index is 0.103. The highest BCUT2D eigenvalue weighted by molar-refractivity contribution is 5.76. The minimum Gasteiger partial charge on any atom is -0.366 e. The lowest BCUT2D eigenvalue weighted by molar-refractivity contribution is 0.298. The first kappa shape index (κ1) is 12.7. The minimum absolute atomic E-state index is 0.103. The van der Waals surface area contributed by atoms with Crippen LogP contribution in [0.25, 0.3) is 0 Å². The highest BCUT2D eigenvalue weighted by Crippen LogP contribution is 2.44. The molecule has 3 heteroatoms. The molecule has 0 unspecified atom stereocenters. The van der Waals surface area contributed by atoms with E-state index in [-0.39, 0.29) is 5.54 Å². The predicted octanol–water partition coefficient (Wildman–Crippen LogP) is 3.15. The van der Waals surface area contributed by atoms with Gasteiger partial charge in [-0.2, -0.15) is 0 Å². The van der Waals surface area contributed by atoms with E-state index in [9.17, 15) is 0 Å². The van der Waals surface area contributed by atoms with Gasteiger partial charge in [-0.05, 0) is 43.6 Å². The molecular weight excluding hydrogens is 258 g/mol. The highest BCUT2D eigenvalue weighted by Gasteiger charge is 2.42. The molecule has 0 amide bonds. The monoisotopic (exact) mass is 279 g/mol. The molecule has 2 aromatic carbocycles. The smallest absolute Gasteiger partial charge is 0.0886 e. The lowest BCUT2D eigenvalue weighted by atomic mass is 9.79. The van der Waals surface area contributed by atoms with E-state index in [2.05, 4.69) is 70.1 Å². The number of para-hydroxylation sites is 2. The zero-order valence-electron chi connectivity index (χ0n) is 12.2. The van der Waals surface area contributed by atoms with Crippen LogP contribution in [0.4, 0.5) is 11.4 Å². The predicted molar refractivity (Wildman–Crippen MR) is 87.6 cm³/mol. The van der Waals surface area contributed by atoms with E-state index < -0.39 is 0 Å². The second-order valence-corrected chi connectivity index (χ2v) is 5.93. The molecular formula is C18H21N3. The highest BCUT2D eigenvalue weighted by atomic mass is 15.3. The van der Waals surface area contributed by atoms with Crippen LogP contribution in [0.5, 0.6) is 0 Å². The van der Waals surface area contributed by atoms with E-state index >= 15 is 0 Å². The van der Waals surface area contributed by atoms with Crippen molar-refractivity contribution < 1.29 is 0 Å². The Kier molecular flexibility index (Phi) is 3.08. The second kappa shape index (κ2) is 5.08. The lowest BCUT2D eigenvalue weighted by Crippen LogP contribution is -2.52. The maximum Gasteiger partial charge on any atom is 0.0886 e. The standard InChI is InChI=1S/C18H21N3/c1-2-6-15(7-3-1)18(10-12-19-13-11-18)21-14-20-16-8-4-5-9-17(16)21/h1-9,19-20H,10-14H2.